The van der Waals surface area contributed by atoms with E-state index in [0.717, 1.165) is 64.7 Å². The van der Waals surface area contributed by atoms with Gasteiger partial charge in [0, 0.05) is 18.8 Å². The minimum absolute atomic E-state index is 0.113. The average Bonchev–Trinajstić information content (AvgIpc) is 2.75. The van der Waals surface area contributed by atoms with Crippen molar-refractivity contribution in [3.05, 3.63) is 23.8 Å². The van der Waals surface area contributed by atoms with Crippen LogP contribution in [0.15, 0.2) is 23.1 Å². The van der Waals surface area contributed by atoms with E-state index in [1.165, 1.54) is 19.5 Å². The monoisotopic (exact) mass is 438 g/mol. The van der Waals surface area contributed by atoms with E-state index in [0.29, 0.717) is 17.8 Å². The molecule has 0 unspecified atom stereocenters. The lowest BCUT2D eigenvalue weighted by Crippen LogP contribution is -2.41. The molecule has 0 aromatic heterocycles. The van der Waals surface area contributed by atoms with Gasteiger partial charge in [0.1, 0.15) is 0 Å². The Labute approximate surface area is 180 Å². The molecule has 168 valence electrons. The molecule has 2 heterocycles. The minimum Gasteiger partial charge on any atom is -0.379 e. The molecule has 0 atom stereocenters. The molecule has 2 aliphatic rings. The lowest BCUT2D eigenvalue weighted by atomic mass is 9.93. The van der Waals surface area contributed by atoms with Gasteiger partial charge in [-0.05, 0) is 76.5 Å². The Balaban J connectivity index is 1.43. The number of anilines is 1. The van der Waals surface area contributed by atoms with Crippen molar-refractivity contribution in [1.82, 2.24) is 14.5 Å². The maximum Gasteiger partial charge on any atom is 0.240 e. The Morgan fingerprint density at radius 3 is 2.50 bits per heavy atom. The van der Waals surface area contributed by atoms with E-state index in [-0.39, 0.29) is 10.8 Å². The van der Waals surface area contributed by atoms with Crippen LogP contribution in [0.1, 0.15) is 24.8 Å². The fourth-order valence-electron chi connectivity index (χ4n) is 4.10. The highest BCUT2D eigenvalue weighted by Crippen LogP contribution is 2.22. The van der Waals surface area contributed by atoms with Crippen LogP contribution in [0.5, 0.6) is 0 Å². The number of morpholine rings is 1. The van der Waals surface area contributed by atoms with Gasteiger partial charge in [-0.3, -0.25) is 14.6 Å². The van der Waals surface area contributed by atoms with Crippen LogP contribution in [0.2, 0.25) is 0 Å². The third-order valence-electron chi connectivity index (χ3n) is 6.06. The first kappa shape index (κ1) is 23.1. The summed E-state index contributed by atoms with van der Waals surface area (Å²) in [6.07, 6.45) is 3.45. The number of benzene rings is 1. The normalized spacial score (nSPS) is 19.7. The zero-order chi connectivity index (χ0) is 21.6. The fraction of sp³-hybridized carbons (Fsp3) is 0.667. The molecule has 2 saturated heterocycles. The van der Waals surface area contributed by atoms with Gasteiger partial charge < -0.3 is 10.1 Å². The molecular formula is C21H34N4O4S. The van der Waals surface area contributed by atoms with E-state index < -0.39 is 10.0 Å². The number of ether oxygens (including phenoxy) is 1. The topological polar surface area (TPSA) is 91.0 Å². The molecule has 9 heteroatoms. The second-order valence-corrected chi connectivity index (χ2v) is 10.1. The molecule has 0 saturated carbocycles. The van der Waals surface area contributed by atoms with E-state index in [1.807, 2.05) is 0 Å². The van der Waals surface area contributed by atoms with Gasteiger partial charge in [-0.15, -0.1) is 0 Å². The quantitative estimate of drug-likeness (QED) is 0.635. The first-order valence-electron chi connectivity index (χ1n) is 10.7. The Morgan fingerprint density at radius 2 is 1.83 bits per heavy atom. The summed E-state index contributed by atoms with van der Waals surface area (Å²) in [5.41, 5.74) is 1.14. The number of amides is 1. The highest BCUT2D eigenvalue weighted by atomic mass is 32.2. The number of carbonyl (C=O) groups is 1. The molecular weight excluding hydrogens is 404 g/mol. The van der Waals surface area contributed by atoms with E-state index in [9.17, 15) is 13.2 Å². The standard InChI is InChI=1S/C21H34N4O4S/c1-17-3-4-19(15-20(17)30(27,28)22-2)23-21(26)16-25-9-6-18(7-10-25)5-8-24-11-13-29-14-12-24/h3-4,15,18,22H,5-14,16H2,1-2H3,(H,23,26). The number of nitrogens with zero attached hydrogens (tertiary/aromatic N) is 2. The van der Waals surface area contributed by atoms with Crippen molar-refractivity contribution in [2.45, 2.75) is 31.1 Å². The lowest BCUT2D eigenvalue weighted by Gasteiger charge is -2.33. The number of rotatable bonds is 8. The highest BCUT2D eigenvalue weighted by molar-refractivity contribution is 7.89. The van der Waals surface area contributed by atoms with Crippen molar-refractivity contribution in [1.29, 1.82) is 0 Å². The smallest absolute Gasteiger partial charge is 0.240 e. The van der Waals surface area contributed by atoms with Crippen molar-refractivity contribution >= 4 is 21.6 Å². The average molecular weight is 439 g/mol. The van der Waals surface area contributed by atoms with Crippen molar-refractivity contribution in [3.63, 3.8) is 0 Å². The van der Waals surface area contributed by atoms with Crippen LogP contribution in [0.3, 0.4) is 0 Å². The number of carbonyl (C=O) groups excluding carboxylic acids is 1. The number of aryl methyl sites for hydroxylation is 1. The molecule has 0 radical (unpaired) electrons. The summed E-state index contributed by atoms with van der Waals surface area (Å²) in [6.45, 7) is 8.82. The van der Waals surface area contributed by atoms with Crippen LogP contribution >= 0.6 is 0 Å². The Kier molecular flexibility index (Phi) is 8.24. The molecule has 2 aliphatic heterocycles. The molecule has 1 aromatic carbocycles. The first-order valence-corrected chi connectivity index (χ1v) is 12.2. The van der Waals surface area contributed by atoms with Crippen LogP contribution in [0.4, 0.5) is 5.69 Å². The SMILES string of the molecule is CNS(=O)(=O)c1cc(NC(=O)CN2CCC(CCN3CCOCC3)CC2)ccc1C. The van der Waals surface area contributed by atoms with Crippen LogP contribution in [0.25, 0.3) is 0 Å². The number of hydrogen-bond acceptors (Lipinski definition) is 6. The molecule has 1 aromatic rings. The van der Waals surface area contributed by atoms with E-state index in [1.54, 1.807) is 19.1 Å². The molecule has 8 nitrogen and oxygen atoms in total. The number of hydrogen-bond donors (Lipinski definition) is 2. The van der Waals surface area contributed by atoms with Crippen LogP contribution in [0, 0.1) is 12.8 Å². The Hall–Kier alpha value is -1.52. The molecule has 0 aliphatic carbocycles. The highest BCUT2D eigenvalue weighted by Gasteiger charge is 2.22. The number of likely N-dealkylation sites (tertiary alicyclic amines) is 1. The first-order chi connectivity index (χ1) is 14.4. The number of sulfonamides is 1. The van der Waals surface area contributed by atoms with Crippen LogP contribution in [-0.2, 0) is 19.6 Å². The second-order valence-electron chi connectivity index (χ2n) is 8.20. The largest absolute Gasteiger partial charge is 0.379 e. The molecule has 30 heavy (non-hydrogen) atoms. The van der Waals surface area contributed by atoms with Gasteiger partial charge in [-0.2, -0.15) is 0 Å². The Morgan fingerprint density at radius 1 is 1.13 bits per heavy atom. The predicted octanol–water partition coefficient (Wildman–Crippen LogP) is 1.28. The molecule has 0 bridgehead atoms. The zero-order valence-corrected chi connectivity index (χ0v) is 18.8. The van der Waals surface area contributed by atoms with Gasteiger partial charge in [0.25, 0.3) is 0 Å². The van der Waals surface area contributed by atoms with Gasteiger partial charge in [0.15, 0.2) is 0 Å². The van der Waals surface area contributed by atoms with Crippen LogP contribution < -0.4 is 10.0 Å². The molecule has 1 amide bonds. The summed E-state index contributed by atoms with van der Waals surface area (Å²) in [5.74, 6) is 0.608. The molecule has 2 fully saturated rings. The third kappa shape index (κ3) is 6.49. The Bertz CT molecular complexity index is 816. The fourth-order valence-corrected chi connectivity index (χ4v) is 5.10. The number of nitrogens with one attached hydrogen (secondary N) is 2. The maximum atomic E-state index is 12.5. The van der Waals surface area contributed by atoms with Gasteiger partial charge in [0.05, 0.1) is 24.7 Å². The van der Waals surface area contributed by atoms with Gasteiger partial charge >= 0.3 is 0 Å². The summed E-state index contributed by atoms with van der Waals surface area (Å²) >= 11 is 0. The summed E-state index contributed by atoms with van der Waals surface area (Å²) in [6, 6.07) is 4.95. The van der Waals surface area contributed by atoms with Gasteiger partial charge in [-0.1, -0.05) is 6.07 Å². The maximum absolute atomic E-state index is 12.5. The molecule has 2 N–H and O–H groups in total. The van der Waals surface area contributed by atoms with E-state index in [2.05, 4.69) is 19.8 Å². The second kappa shape index (κ2) is 10.7. The summed E-state index contributed by atoms with van der Waals surface area (Å²) in [4.78, 5) is 17.3. The lowest BCUT2D eigenvalue weighted by molar-refractivity contribution is -0.117. The van der Waals surface area contributed by atoms with Gasteiger partial charge in [-0.25, -0.2) is 13.1 Å². The summed E-state index contributed by atoms with van der Waals surface area (Å²) < 4.78 is 32.0. The number of piperidine rings is 1. The molecule has 0 spiro atoms. The van der Waals surface area contributed by atoms with Crippen LogP contribution in [-0.4, -0.2) is 83.7 Å². The predicted molar refractivity (Wildman–Crippen MR) is 117 cm³/mol. The van der Waals surface area contributed by atoms with Crippen molar-refractivity contribution < 1.29 is 17.9 Å². The van der Waals surface area contributed by atoms with Crippen molar-refractivity contribution in [3.8, 4) is 0 Å². The molecule has 3 rings (SSSR count). The van der Waals surface area contributed by atoms with Crippen molar-refractivity contribution in [2.24, 2.45) is 5.92 Å². The summed E-state index contributed by atoms with van der Waals surface area (Å²) in [7, 11) is -2.18. The zero-order valence-electron chi connectivity index (χ0n) is 18.0. The van der Waals surface area contributed by atoms with Gasteiger partial charge in [0.2, 0.25) is 15.9 Å². The third-order valence-corrected chi connectivity index (χ3v) is 7.62. The van der Waals surface area contributed by atoms with Crippen molar-refractivity contribution in [2.75, 3.05) is 64.8 Å². The van der Waals surface area contributed by atoms with E-state index in [4.69, 9.17) is 4.74 Å². The minimum atomic E-state index is -3.56. The van der Waals surface area contributed by atoms with E-state index >= 15 is 0 Å². The summed E-state index contributed by atoms with van der Waals surface area (Å²) in [5, 5.41) is 2.84.